The second kappa shape index (κ2) is 9.10. The van der Waals surface area contributed by atoms with Crippen molar-refractivity contribution in [3.8, 4) is 34.3 Å². The van der Waals surface area contributed by atoms with Gasteiger partial charge in [-0.3, -0.25) is 14.4 Å². The number of nitrogens with two attached hydrogens (primary N) is 1. The van der Waals surface area contributed by atoms with E-state index in [4.69, 9.17) is 24.4 Å². The van der Waals surface area contributed by atoms with Gasteiger partial charge in [0.15, 0.2) is 23.5 Å². The zero-order valence-electron chi connectivity index (χ0n) is 19.1. The van der Waals surface area contributed by atoms with Crippen molar-refractivity contribution in [3.05, 3.63) is 82.0 Å². The summed E-state index contributed by atoms with van der Waals surface area (Å²) in [6.07, 6.45) is -0.0618. The van der Waals surface area contributed by atoms with Gasteiger partial charge in [-0.15, -0.1) is 0 Å². The zero-order valence-corrected chi connectivity index (χ0v) is 19.1. The minimum Gasteiger partial charge on any atom is -0.507 e. The molecule has 0 spiro atoms. The number of esters is 1. The average molecular weight is 487 g/mol. The van der Waals surface area contributed by atoms with Gasteiger partial charge in [-0.25, -0.2) is 0 Å². The molecular weight excluding hydrogens is 466 g/mol. The topological polar surface area (TPSA) is 138 Å². The Morgan fingerprint density at radius 3 is 2.58 bits per heavy atom. The molecule has 182 valence electrons. The summed E-state index contributed by atoms with van der Waals surface area (Å²) < 4.78 is 22.4. The van der Waals surface area contributed by atoms with E-state index in [2.05, 4.69) is 0 Å². The molecule has 9 nitrogen and oxygen atoms in total. The van der Waals surface area contributed by atoms with Crippen LogP contribution in [0.3, 0.4) is 0 Å². The van der Waals surface area contributed by atoms with Crippen LogP contribution in [0.1, 0.15) is 23.5 Å². The first-order valence-electron chi connectivity index (χ1n) is 11.0. The van der Waals surface area contributed by atoms with E-state index in [-0.39, 0.29) is 41.2 Å². The Morgan fingerprint density at radius 1 is 1.08 bits per heavy atom. The lowest BCUT2D eigenvalue weighted by molar-refractivity contribution is -0.135. The molecule has 1 aliphatic heterocycles. The highest BCUT2D eigenvalue weighted by molar-refractivity contribution is 5.93. The number of hydrogen-bond donors (Lipinski definition) is 2. The molecule has 0 bridgehead atoms. The molecule has 0 saturated heterocycles. The summed E-state index contributed by atoms with van der Waals surface area (Å²) in [5.74, 6) is -1.14. The molecule has 4 aromatic rings. The molecule has 36 heavy (non-hydrogen) atoms. The number of benzene rings is 3. The van der Waals surface area contributed by atoms with Gasteiger partial charge in [-0.1, -0.05) is 36.4 Å². The first-order chi connectivity index (χ1) is 17.4. The predicted octanol–water partition coefficient (Wildman–Crippen LogP) is 3.48. The largest absolute Gasteiger partial charge is 0.507 e. The van der Waals surface area contributed by atoms with Crippen LogP contribution in [0.25, 0.3) is 22.3 Å². The number of aromatic hydroxyl groups is 1. The Balaban J connectivity index is 1.74. The molecular formula is C27H21NO8. The lowest BCUT2D eigenvalue weighted by Gasteiger charge is -2.26. The number of carbonyl (C=O) groups excluding carboxylic acids is 2. The predicted molar refractivity (Wildman–Crippen MR) is 129 cm³/mol. The number of primary amides is 1. The fraction of sp³-hybridized carbons (Fsp3) is 0.148. The van der Waals surface area contributed by atoms with Gasteiger partial charge in [0.05, 0.1) is 13.5 Å². The number of rotatable bonds is 6. The van der Waals surface area contributed by atoms with Gasteiger partial charge in [-0.2, -0.15) is 0 Å². The molecule has 1 amide bonds. The summed E-state index contributed by atoms with van der Waals surface area (Å²) in [6, 6.07) is 16.6. The fourth-order valence-corrected chi connectivity index (χ4v) is 4.36. The van der Waals surface area contributed by atoms with E-state index in [9.17, 15) is 19.5 Å². The van der Waals surface area contributed by atoms with Crippen molar-refractivity contribution in [1.29, 1.82) is 0 Å². The molecule has 1 aliphatic rings. The Bertz CT molecular complexity index is 1560. The normalized spacial score (nSPS) is 14.7. The van der Waals surface area contributed by atoms with Crippen LogP contribution in [0, 0.1) is 0 Å². The van der Waals surface area contributed by atoms with Crippen molar-refractivity contribution < 1.29 is 33.3 Å². The lowest BCUT2D eigenvalue weighted by atomic mass is 9.85. The Kier molecular flexibility index (Phi) is 5.81. The van der Waals surface area contributed by atoms with E-state index < -0.39 is 23.2 Å². The van der Waals surface area contributed by atoms with E-state index in [0.717, 1.165) is 0 Å². The molecule has 0 fully saturated rings. The van der Waals surface area contributed by atoms with Crippen LogP contribution in [-0.2, 0) is 9.59 Å². The zero-order chi connectivity index (χ0) is 25.4. The highest BCUT2D eigenvalue weighted by Crippen LogP contribution is 2.47. The summed E-state index contributed by atoms with van der Waals surface area (Å²) >= 11 is 0. The SMILES string of the molecule is COc1ccc([C@H]2CC(=O)Oc3cc(O)c4c(=O)cc(-c5ccccc5)oc4c32)cc1OCC(N)=O. The Labute approximate surface area is 204 Å². The smallest absolute Gasteiger partial charge is 0.312 e. The van der Waals surface area contributed by atoms with Crippen molar-refractivity contribution >= 4 is 22.8 Å². The molecule has 3 N–H and O–H groups in total. The van der Waals surface area contributed by atoms with Gasteiger partial charge in [0.2, 0.25) is 0 Å². The summed E-state index contributed by atoms with van der Waals surface area (Å²) in [5.41, 5.74) is 6.61. The number of hydrogen-bond acceptors (Lipinski definition) is 8. The summed E-state index contributed by atoms with van der Waals surface area (Å²) in [6.45, 7) is -0.366. The summed E-state index contributed by atoms with van der Waals surface area (Å²) in [7, 11) is 1.45. The molecule has 5 rings (SSSR count). The maximum atomic E-state index is 13.1. The molecule has 3 aromatic carbocycles. The second-order valence-electron chi connectivity index (χ2n) is 8.25. The molecule has 1 aromatic heterocycles. The fourth-order valence-electron chi connectivity index (χ4n) is 4.36. The lowest BCUT2D eigenvalue weighted by Crippen LogP contribution is -2.22. The Hall–Kier alpha value is -4.79. The van der Waals surface area contributed by atoms with Crippen molar-refractivity contribution in [2.75, 3.05) is 13.7 Å². The average Bonchev–Trinajstić information content (AvgIpc) is 2.86. The van der Waals surface area contributed by atoms with E-state index in [0.29, 0.717) is 28.2 Å². The highest BCUT2D eigenvalue weighted by atomic mass is 16.5. The number of phenols is 1. The van der Waals surface area contributed by atoms with Gasteiger partial charge in [0.25, 0.3) is 5.91 Å². The number of ether oxygens (including phenoxy) is 3. The van der Waals surface area contributed by atoms with E-state index in [1.165, 1.54) is 19.2 Å². The minimum atomic E-state index is -0.661. The van der Waals surface area contributed by atoms with Crippen LogP contribution < -0.4 is 25.4 Å². The van der Waals surface area contributed by atoms with E-state index in [1.54, 1.807) is 30.3 Å². The molecule has 0 saturated carbocycles. The number of fused-ring (bicyclic) bond motifs is 3. The van der Waals surface area contributed by atoms with Crippen LogP contribution in [0.4, 0.5) is 0 Å². The highest BCUT2D eigenvalue weighted by Gasteiger charge is 2.34. The number of phenolic OH excluding ortho intramolecular Hbond substituents is 1. The molecule has 0 unspecified atom stereocenters. The van der Waals surface area contributed by atoms with Gasteiger partial charge in [-0.05, 0) is 17.7 Å². The number of methoxy groups -OCH3 is 1. The first kappa shape index (κ1) is 23.0. The van der Waals surface area contributed by atoms with Crippen LogP contribution in [-0.4, -0.2) is 30.7 Å². The van der Waals surface area contributed by atoms with E-state index >= 15 is 0 Å². The van der Waals surface area contributed by atoms with E-state index in [1.807, 2.05) is 18.2 Å². The third-order valence-electron chi connectivity index (χ3n) is 5.94. The van der Waals surface area contributed by atoms with Crippen molar-refractivity contribution in [2.24, 2.45) is 5.73 Å². The summed E-state index contributed by atoms with van der Waals surface area (Å²) in [4.78, 5) is 36.8. The number of amides is 1. The van der Waals surface area contributed by atoms with Crippen LogP contribution in [0.15, 0.2) is 69.9 Å². The maximum absolute atomic E-state index is 13.1. The second-order valence-corrected chi connectivity index (χ2v) is 8.25. The first-order valence-corrected chi connectivity index (χ1v) is 11.0. The summed E-state index contributed by atoms with van der Waals surface area (Å²) in [5, 5.41) is 10.6. The van der Waals surface area contributed by atoms with Crippen molar-refractivity contribution in [3.63, 3.8) is 0 Å². The van der Waals surface area contributed by atoms with Gasteiger partial charge in [0, 0.05) is 29.2 Å². The van der Waals surface area contributed by atoms with Crippen LogP contribution >= 0.6 is 0 Å². The molecule has 2 heterocycles. The third-order valence-corrected chi connectivity index (χ3v) is 5.94. The standard InChI is InChI=1S/C27H21NO8/c1-33-19-8-7-15(9-21(19)34-13-23(28)31)16-10-24(32)35-22-12-18(30)26-17(29)11-20(36-27(26)25(16)22)14-5-3-2-4-6-14/h2-9,11-12,16,30H,10,13H2,1H3,(H2,28,31)/t16-/m1/s1. The van der Waals surface area contributed by atoms with Crippen molar-refractivity contribution in [2.45, 2.75) is 12.3 Å². The quantitative estimate of drug-likeness (QED) is 0.311. The molecule has 0 radical (unpaired) electrons. The molecule has 1 atom stereocenters. The third kappa shape index (κ3) is 4.11. The maximum Gasteiger partial charge on any atom is 0.312 e. The molecule has 0 aliphatic carbocycles. The van der Waals surface area contributed by atoms with Crippen LogP contribution in [0.5, 0.6) is 23.0 Å². The van der Waals surface area contributed by atoms with Crippen LogP contribution in [0.2, 0.25) is 0 Å². The monoisotopic (exact) mass is 487 g/mol. The van der Waals surface area contributed by atoms with Gasteiger partial charge < -0.3 is 29.5 Å². The van der Waals surface area contributed by atoms with Gasteiger partial charge in [0.1, 0.15) is 28.2 Å². The molecule has 9 heteroatoms. The number of carbonyl (C=O) groups is 2. The Morgan fingerprint density at radius 2 is 1.86 bits per heavy atom. The van der Waals surface area contributed by atoms with Gasteiger partial charge >= 0.3 is 5.97 Å². The van der Waals surface area contributed by atoms with Crippen molar-refractivity contribution in [1.82, 2.24) is 0 Å². The minimum absolute atomic E-state index is 0.0184.